The Kier molecular flexibility index (Phi) is 4.92. The second-order valence-electron chi connectivity index (χ2n) is 6.53. The Morgan fingerprint density at radius 3 is 2.30 bits per heavy atom. The second kappa shape index (κ2) is 6.16. The van der Waals surface area contributed by atoms with E-state index in [0.29, 0.717) is 5.16 Å². The van der Waals surface area contributed by atoms with Gasteiger partial charge in [-0.05, 0) is 36.3 Å². The highest BCUT2D eigenvalue weighted by Crippen LogP contribution is 2.60. The van der Waals surface area contributed by atoms with Crippen LogP contribution in [0.1, 0.15) is 32.8 Å². The maximum absolute atomic E-state index is 3.71. The molecule has 0 bridgehead atoms. The molecule has 1 aliphatic carbocycles. The van der Waals surface area contributed by atoms with E-state index in [2.05, 4.69) is 91.9 Å². The van der Waals surface area contributed by atoms with Crippen LogP contribution in [0.2, 0.25) is 0 Å². The molecule has 2 rings (SSSR count). The molecule has 1 aliphatic rings. The average molecular weight is 351 g/mol. The lowest BCUT2D eigenvalue weighted by molar-refractivity contribution is 0.734. The van der Waals surface area contributed by atoms with E-state index < -0.39 is 0 Å². The van der Waals surface area contributed by atoms with Crippen molar-refractivity contribution in [3.8, 4) is 0 Å². The van der Waals surface area contributed by atoms with Gasteiger partial charge in [0.25, 0.3) is 0 Å². The fourth-order valence-electron chi connectivity index (χ4n) is 2.71. The Labute approximate surface area is 133 Å². The van der Waals surface area contributed by atoms with Gasteiger partial charge in [0.1, 0.15) is 0 Å². The van der Waals surface area contributed by atoms with Crippen molar-refractivity contribution >= 4 is 23.9 Å². The lowest BCUT2D eigenvalue weighted by Crippen LogP contribution is -2.32. The first-order valence-electron chi connectivity index (χ1n) is 7.18. The van der Waals surface area contributed by atoms with Gasteiger partial charge >= 0.3 is 0 Å². The van der Waals surface area contributed by atoms with Crippen LogP contribution in [0, 0.1) is 0 Å². The van der Waals surface area contributed by atoms with Gasteiger partial charge in [0.2, 0.25) is 0 Å². The van der Waals surface area contributed by atoms with Crippen LogP contribution in [0.25, 0.3) is 0 Å². The molecule has 0 fully saturated rings. The molecule has 0 saturated carbocycles. The summed E-state index contributed by atoms with van der Waals surface area (Å²) in [6, 6.07) is 8.62. The third-order valence-corrected chi connectivity index (χ3v) is 8.64. The molecule has 0 aliphatic heterocycles. The fraction of sp³-hybridized carbons (Fsp3) is 0.444. The van der Waals surface area contributed by atoms with Gasteiger partial charge in [0.05, 0.1) is 0 Å². The summed E-state index contributed by atoms with van der Waals surface area (Å²) >= 11 is 3.71. The summed E-state index contributed by atoms with van der Waals surface area (Å²) in [6.07, 6.45) is 11.8. The third kappa shape index (κ3) is 3.43. The Morgan fingerprint density at radius 1 is 1.15 bits per heavy atom. The zero-order valence-electron chi connectivity index (χ0n) is 12.9. The zero-order valence-corrected chi connectivity index (χ0v) is 15.3. The van der Waals surface area contributed by atoms with Gasteiger partial charge in [-0.15, -0.1) is 0 Å². The van der Waals surface area contributed by atoms with Crippen molar-refractivity contribution in [3.05, 3.63) is 58.6 Å². The van der Waals surface area contributed by atoms with Crippen molar-refractivity contribution in [3.63, 3.8) is 0 Å². The Hall–Kier alpha value is -0.390. The number of allylic oxidation sites excluding steroid dienone is 4. The standard InChI is InChI=1S/C18H24BrP/c1-17(2,3)20(4)18(12-8-5-9-13-18)14-15-10-6-7-11-16(15)19/h6-13H,5,14H2,1-4H3. The average Bonchev–Trinajstić information content (AvgIpc) is 2.41. The van der Waals surface area contributed by atoms with Crippen molar-refractivity contribution in [1.82, 2.24) is 0 Å². The van der Waals surface area contributed by atoms with Crippen LogP contribution in [-0.2, 0) is 6.42 Å². The third-order valence-electron chi connectivity index (χ3n) is 4.15. The van der Waals surface area contributed by atoms with Gasteiger partial charge in [0, 0.05) is 9.63 Å². The minimum absolute atomic E-state index is 0.155. The summed E-state index contributed by atoms with van der Waals surface area (Å²) in [6.45, 7) is 9.57. The zero-order chi connectivity index (χ0) is 14.8. The van der Waals surface area contributed by atoms with Crippen LogP contribution in [0.3, 0.4) is 0 Å². The van der Waals surface area contributed by atoms with Crippen LogP contribution < -0.4 is 0 Å². The lowest BCUT2D eigenvalue weighted by atomic mass is 9.94. The summed E-state index contributed by atoms with van der Waals surface area (Å²) in [5, 5.41) is 0.540. The van der Waals surface area contributed by atoms with E-state index in [-0.39, 0.29) is 13.1 Å². The molecule has 1 unspecified atom stereocenters. The van der Waals surface area contributed by atoms with E-state index >= 15 is 0 Å². The summed E-state index contributed by atoms with van der Waals surface area (Å²) < 4.78 is 1.23. The minimum atomic E-state index is -0.155. The van der Waals surface area contributed by atoms with Gasteiger partial charge in [0.15, 0.2) is 0 Å². The van der Waals surface area contributed by atoms with E-state index in [9.17, 15) is 0 Å². The lowest BCUT2D eigenvalue weighted by Gasteiger charge is -2.43. The molecule has 0 saturated heterocycles. The highest BCUT2D eigenvalue weighted by Gasteiger charge is 2.38. The Morgan fingerprint density at radius 2 is 1.75 bits per heavy atom. The van der Waals surface area contributed by atoms with E-state index in [1.54, 1.807) is 0 Å². The largest absolute Gasteiger partial charge is 0.0897 e. The highest BCUT2D eigenvalue weighted by molar-refractivity contribution is 9.10. The number of hydrogen-bond donors (Lipinski definition) is 0. The first kappa shape index (κ1) is 16.0. The monoisotopic (exact) mass is 350 g/mol. The Bertz CT molecular complexity index is 510. The predicted octanol–water partition coefficient (Wildman–Crippen LogP) is 6.16. The van der Waals surface area contributed by atoms with Crippen LogP contribution in [0.15, 0.2) is 53.0 Å². The molecule has 2 heteroatoms. The van der Waals surface area contributed by atoms with Gasteiger partial charge < -0.3 is 0 Å². The smallest absolute Gasteiger partial charge is 0.0305 e. The van der Waals surface area contributed by atoms with Gasteiger partial charge in [-0.25, -0.2) is 0 Å². The second-order valence-corrected chi connectivity index (χ2v) is 10.7. The van der Waals surface area contributed by atoms with Crippen LogP contribution in [0.5, 0.6) is 0 Å². The molecule has 1 aromatic rings. The first-order chi connectivity index (χ1) is 9.35. The molecule has 0 N–H and O–H groups in total. The number of halogens is 1. The summed E-state index contributed by atoms with van der Waals surface area (Å²) in [7, 11) is -0.155. The summed E-state index contributed by atoms with van der Waals surface area (Å²) in [5.74, 6) is 0. The first-order valence-corrected chi connectivity index (χ1v) is 9.76. The molecule has 0 radical (unpaired) electrons. The number of benzene rings is 1. The quantitative estimate of drug-likeness (QED) is 0.452. The summed E-state index contributed by atoms with van der Waals surface area (Å²) in [4.78, 5) is 0. The van der Waals surface area contributed by atoms with E-state index in [1.807, 2.05) is 0 Å². The van der Waals surface area contributed by atoms with Crippen molar-refractivity contribution in [2.45, 2.75) is 43.9 Å². The van der Waals surface area contributed by atoms with Gasteiger partial charge in [-0.3, -0.25) is 0 Å². The van der Waals surface area contributed by atoms with Crippen LogP contribution >= 0.6 is 23.9 Å². The highest BCUT2D eigenvalue weighted by atomic mass is 79.9. The fourth-order valence-corrected chi connectivity index (χ4v) is 5.45. The maximum Gasteiger partial charge on any atom is 0.0305 e. The molecule has 20 heavy (non-hydrogen) atoms. The van der Waals surface area contributed by atoms with Crippen LogP contribution in [0.4, 0.5) is 0 Å². The maximum atomic E-state index is 3.71. The molecule has 0 spiro atoms. The number of rotatable bonds is 3. The van der Waals surface area contributed by atoms with Crippen molar-refractivity contribution < 1.29 is 0 Å². The topological polar surface area (TPSA) is 0 Å². The van der Waals surface area contributed by atoms with Crippen molar-refractivity contribution in [1.29, 1.82) is 0 Å². The Balaban J connectivity index is 2.39. The van der Waals surface area contributed by atoms with Gasteiger partial charge in [-0.1, -0.05) is 87.1 Å². The molecule has 0 heterocycles. The van der Waals surface area contributed by atoms with Crippen molar-refractivity contribution in [2.75, 3.05) is 6.66 Å². The van der Waals surface area contributed by atoms with E-state index in [1.165, 1.54) is 10.0 Å². The molecule has 108 valence electrons. The normalized spacial score (nSPS) is 19.1. The number of hydrogen-bond acceptors (Lipinski definition) is 0. The molecule has 1 aromatic carbocycles. The van der Waals surface area contributed by atoms with E-state index in [4.69, 9.17) is 0 Å². The molecule has 0 amide bonds. The van der Waals surface area contributed by atoms with E-state index in [0.717, 1.165) is 12.8 Å². The molecular formula is C18H24BrP. The molecular weight excluding hydrogens is 327 g/mol. The minimum Gasteiger partial charge on any atom is -0.0897 e. The van der Waals surface area contributed by atoms with Gasteiger partial charge in [-0.2, -0.15) is 0 Å². The summed E-state index contributed by atoms with van der Waals surface area (Å²) in [5.41, 5.74) is 1.40. The SMILES string of the molecule is CP(C(C)(C)C)C1(Cc2ccccc2Br)C=CCC=C1. The molecule has 1 atom stereocenters. The van der Waals surface area contributed by atoms with Crippen molar-refractivity contribution in [2.24, 2.45) is 0 Å². The molecule has 0 nitrogen and oxygen atoms in total. The molecule has 0 aromatic heterocycles. The predicted molar refractivity (Wildman–Crippen MR) is 96.1 cm³/mol. The van der Waals surface area contributed by atoms with Crippen LogP contribution in [-0.4, -0.2) is 17.0 Å².